The molecule has 322 valence electrons. The number of nitriles is 1. The number of methoxy groups -OCH3 is 1. The van der Waals surface area contributed by atoms with Crippen molar-refractivity contribution in [3.05, 3.63) is 151 Å². The van der Waals surface area contributed by atoms with Gasteiger partial charge in [0.05, 0.1) is 28.8 Å². The molecule has 13 nitrogen and oxygen atoms in total. The molecule has 1 unspecified atom stereocenters. The highest BCUT2D eigenvalue weighted by molar-refractivity contribution is 7.89. The lowest BCUT2D eigenvalue weighted by Crippen LogP contribution is -2.56. The first kappa shape index (κ1) is 43.5. The van der Waals surface area contributed by atoms with Crippen molar-refractivity contribution >= 4 is 61.6 Å². The summed E-state index contributed by atoms with van der Waals surface area (Å²) >= 11 is 13.2. The van der Waals surface area contributed by atoms with E-state index in [1.54, 1.807) is 43.3 Å². The first-order chi connectivity index (χ1) is 30.3. The van der Waals surface area contributed by atoms with E-state index in [1.165, 1.54) is 7.11 Å². The van der Waals surface area contributed by atoms with Crippen LogP contribution in [0.2, 0.25) is 10.0 Å². The number of fused-ring (bicyclic) bond motifs is 2. The monoisotopic (exact) mass is 923 g/mol. The zero-order chi connectivity index (χ0) is 44.4. The van der Waals surface area contributed by atoms with E-state index in [0.717, 1.165) is 43.5 Å². The largest absolute Gasteiger partial charge is 0.489 e. The second-order valence-corrected chi connectivity index (χ2v) is 18.8. The number of carbonyl (C=O) groups excluding carboxylic acids is 2. The van der Waals surface area contributed by atoms with Gasteiger partial charge in [0.2, 0.25) is 5.91 Å². The standard InChI is InChI=1S/C46H39Cl2N5O8S2/c1-26-44(52-46(50)62-26)63(56,57)53-23-34-21-41-40(60-25-42(61-41)32-12-14-35(15-13-32)59-24-29-7-16-36(47)37(48)17-29)20-33(34)19-39(53)43(54)51-38(45(55)58-2)18-27-3-8-30(9-4-27)31-10-5-28(22-49)6-11-31/h3-17,20-21,38-39,42H,18-19,23-25H2,1-2H3,(H2,50,52)(H,51,54)/t38?,39-,42+/m0/s1. The quantitative estimate of drug-likeness (QED) is 0.114. The maximum absolute atomic E-state index is 14.5. The molecule has 2 aliphatic rings. The van der Waals surface area contributed by atoms with Crippen LogP contribution in [0.1, 0.15) is 44.4 Å². The molecule has 0 spiro atoms. The van der Waals surface area contributed by atoms with Gasteiger partial charge in [-0.05, 0) is 101 Å². The van der Waals surface area contributed by atoms with Gasteiger partial charge < -0.3 is 30.0 Å². The van der Waals surface area contributed by atoms with E-state index < -0.39 is 40.1 Å². The number of nitrogen functional groups attached to an aromatic ring is 1. The highest BCUT2D eigenvalue weighted by Crippen LogP contribution is 2.42. The van der Waals surface area contributed by atoms with E-state index in [0.29, 0.717) is 55.5 Å². The van der Waals surface area contributed by atoms with Crippen LogP contribution in [0, 0.1) is 18.3 Å². The second kappa shape index (κ2) is 18.3. The van der Waals surface area contributed by atoms with Crippen LogP contribution in [-0.4, -0.2) is 55.4 Å². The van der Waals surface area contributed by atoms with Gasteiger partial charge in [0.15, 0.2) is 27.8 Å². The van der Waals surface area contributed by atoms with Crippen LogP contribution in [0.25, 0.3) is 11.1 Å². The van der Waals surface area contributed by atoms with Crippen molar-refractivity contribution in [2.45, 2.75) is 56.1 Å². The number of nitrogens with two attached hydrogens (primary N) is 1. The summed E-state index contributed by atoms with van der Waals surface area (Å²) in [6, 6.07) is 30.5. The fourth-order valence-corrected chi connectivity index (χ4v) is 10.5. The van der Waals surface area contributed by atoms with Gasteiger partial charge in [-0.2, -0.15) is 9.57 Å². The Balaban J connectivity index is 1.02. The van der Waals surface area contributed by atoms with Gasteiger partial charge in [0.1, 0.15) is 31.0 Å². The van der Waals surface area contributed by atoms with E-state index in [2.05, 4.69) is 16.4 Å². The number of thiazole rings is 1. The number of sulfonamides is 1. The van der Waals surface area contributed by atoms with Crippen molar-refractivity contribution in [2.75, 3.05) is 19.5 Å². The third kappa shape index (κ3) is 9.46. The third-order valence-electron chi connectivity index (χ3n) is 10.8. The highest BCUT2D eigenvalue weighted by atomic mass is 35.5. The third-order valence-corrected chi connectivity index (χ3v) is 14.4. The molecular weight excluding hydrogens is 886 g/mol. The number of aryl methyl sites for hydroxylation is 1. The van der Waals surface area contributed by atoms with Gasteiger partial charge in [-0.1, -0.05) is 77.8 Å². The molecule has 17 heteroatoms. The normalized spacial score (nSPS) is 16.3. The van der Waals surface area contributed by atoms with Crippen LogP contribution >= 0.6 is 34.5 Å². The van der Waals surface area contributed by atoms with E-state index in [-0.39, 0.29) is 36.2 Å². The average Bonchev–Trinajstić information content (AvgIpc) is 3.65. The van der Waals surface area contributed by atoms with Crippen LogP contribution < -0.4 is 25.3 Å². The Bertz CT molecular complexity index is 2850. The molecular formula is C46H39Cl2N5O8S2. The number of esters is 1. The summed E-state index contributed by atoms with van der Waals surface area (Å²) in [5.74, 6) is 0.0971. The Morgan fingerprint density at radius 2 is 1.63 bits per heavy atom. The van der Waals surface area contributed by atoms with Crippen molar-refractivity contribution in [3.63, 3.8) is 0 Å². The molecule has 0 bridgehead atoms. The van der Waals surface area contributed by atoms with Crippen molar-refractivity contribution in [1.82, 2.24) is 14.6 Å². The number of nitrogens with zero attached hydrogens (tertiary/aromatic N) is 3. The van der Waals surface area contributed by atoms with Gasteiger partial charge in [0.25, 0.3) is 10.0 Å². The molecule has 0 radical (unpaired) electrons. The Hall–Kier alpha value is -6.15. The number of nitrogens with one attached hydrogen (secondary N) is 1. The van der Waals surface area contributed by atoms with E-state index in [9.17, 15) is 18.0 Å². The minimum absolute atomic E-state index is 0.0456. The molecule has 0 aliphatic carbocycles. The van der Waals surface area contributed by atoms with Crippen LogP contribution in [0.4, 0.5) is 5.13 Å². The Labute approximate surface area is 377 Å². The SMILES string of the molecule is COC(=O)C(Cc1ccc(-c2ccc(C#N)cc2)cc1)NC(=O)[C@@H]1Cc2cc3c(cc2CN1S(=O)(=O)c1nc(N)sc1C)O[C@@H](c1ccc(OCc2ccc(Cl)c(Cl)c2)cc1)CO3. The molecule has 0 saturated heterocycles. The molecule has 8 rings (SSSR count). The van der Waals surface area contributed by atoms with E-state index >= 15 is 0 Å². The molecule has 3 atom stereocenters. The molecule has 0 saturated carbocycles. The number of amides is 1. The van der Waals surface area contributed by atoms with E-state index in [1.807, 2.05) is 66.7 Å². The zero-order valence-electron chi connectivity index (χ0n) is 33.8. The summed E-state index contributed by atoms with van der Waals surface area (Å²) in [5, 5.41) is 12.7. The number of rotatable bonds is 12. The summed E-state index contributed by atoms with van der Waals surface area (Å²) in [5.41, 5.74) is 12.0. The van der Waals surface area contributed by atoms with Gasteiger partial charge in [0, 0.05) is 17.8 Å². The number of hydrogen-bond acceptors (Lipinski definition) is 12. The molecule has 6 aromatic rings. The minimum atomic E-state index is -4.41. The second-order valence-electron chi connectivity index (χ2n) is 14.9. The van der Waals surface area contributed by atoms with Gasteiger partial charge in [-0.25, -0.2) is 18.2 Å². The maximum atomic E-state index is 14.5. The summed E-state index contributed by atoms with van der Waals surface area (Å²) < 4.78 is 53.7. The lowest BCUT2D eigenvalue weighted by Gasteiger charge is -2.36. The van der Waals surface area contributed by atoms with Crippen LogP contribution in [0.3, 0.4) is 0 Å². The maximum Gasteiger partial charge on any atom is 0.328 e. The minimum Gasteiger partial charge on any atom is -0.489 e. The molecule has 5 aromatic carbocycles. The van der Waals surface area contributed by atoms with Crippen LogP contribution in [0.5, 0.6) is 17.2 Å². The molecule has 1 aromatic heterocycles. The van der Waals surface area contributed by atoms with Gasteiger partial charge >= 0.3 is 5.97 Å². The van der Waals surface area contributed by atoms with Crippen LogP contribution in [0.15, 0.2) is 108 Å². The number of anilines is 1. The molecule has 0 fully saturated rings. The van der Waals surface area contributed by atoms with Gasteiger partial charge in [-0.3, -0.25) is 4.79 Å². The summed E-state index contributed by atoms with van der Waals surface area (Å²) in [6.07, 6.45) is -0.460. The zero-order valence-corrected chi connectivity index (χ0v) is 37.0. The lowest BCUT2D eigenvalue weighted by molar-refractivity contribution is -0.145. The molecule has 2 aliphatic heterocycles. The predicted molar refractivity (Wildman–Crippen MR) is 238 cm³/mol. The number of benzene rings is 5. The number of ether oxygens (including phenoxy) is 4. The van der Waals surface area contributed by atoms with E-state index in [4.69, 9.17) is 53.1 Å². The number of hydrogen-bond donors (Lipinski definition) is 2. The number of carbonyl (C=O) groups is 2. The number of halogens is 2. The summed E-state index contributed by atoms with van der Waals surface area (Å²) in [4.78, 5) is 32.1. The number of aromatic nitrogens is 1. The summed E-state index contributed by atoms with van der Waals surface area (Å²) in [6.45, 7) is 1.88. The van der Waals surface area contributed by atoms with Gasteiger partial charge in [-0.15, -0.1) is 11.3 Å². The summed E-state index contributed by atoms with van der Waals surface area (Å²) in [7, 11) is -3.19. The fourth-order valence-electron chi connectivity index (χ4n) is 7.50. The molecule has 3 heterocycles. The Kier molecular flexibility index (Phi) is 12.6. The predicted octanol–water partition coefficient (Wildman–Crippen LogP) is 7.99. The van der Waals surface area contributed by atoms with Crippen molar-refractivity contribution < 1.29 is 37.0 Å². The molecule has 63 heavy (non-hydrogen) atoms. The topological polar surface area (TPSA) is 183 Å². The average molecular weight is 925 g/mol. The van der Waals surface area contributed by atoms with Crippen molar-refractivity contribution in [3.8, 4) is 34.4 Å². The first-order valence-electron chi connectivity index (χ1n) is 19.6. The van der Waals surface area contributed by atoms with Crippen molar-refractivity contribution in [2.24, 2.45) is 0 Å². The Morgan fingerprint density at radius 3 is 2.29 bits per heavy atom. The lowest BCUT2D eigenvalue weighted by atomic mass is 9.93. The smallest absolute Gasteiger partial charge is 0.328 e. The van der Waals surface area contributed by atoms with Crippen LogP contribution in [-0.2, 0) is 50.3 Å². The fraction of sp³-hybridized carbons (Fsp3) is 0.217. The first-order valence-corrected chi connectivity index (χ1v) is 22.6. The Morgan fingerprint density at radius 1 is 0.952 bits per heavy atom. The molecule has 3 N–H and O–H groups in total. The van der Waals surface area contributed by atoms with Crippen molar-refractivity contribution in [1.29, 1.82) is 5.26 Å². The molecule has 1 amide bonds. The highest BCUT2D eigenvalue weighted by Gasteiger charge is 2.43.